The number of thiazole rings is 1. The lowest BCUT2D eigenvalue weighted by Crippen LogP contribution is -2.43. The predicted octanol–water partition coefficient (Wildman–Crippen LogP) is 4.00. The number of rotatable bonds is 7. The molecule has 1 atom stereocenters. The van der Waals surface area contributed by atoms with Crippen molar-refractivity contribution >= 4 is 45.8 Å². The number of hydrogen-bond acceptors (Lipinski definition) is 5. The highest BCUT2D eigenvalue weighted by Gasteiger charge is 2.23. The number of hydrogen-bond donors (Lipinski definition) is 3. The van der Waals surface area contributed by atoms with Gasteiger partial charge in [0.25, 0.3) is 0 Å². The Bertz CT molecular complexity index is 1250. The first-order valence-electron chi connectivity index (χ1n) is 9.57. The number of nitrogens with zero attached hydrogens (tertiary/aromatic N) is 2. The molecule has 2 heterocycles. The van der Waals surface area contributed by atoms with Gasteiger partial charge in [-0.3, -0.25) is 4.79 Å². The molecule has 0 spiro atoms. The minimum absolute atomic E-state index is 0.00862. The van der Waals surface area contributed by atoms with Gasteiger partial charge in [0.1, 0.15) is 16.9 Å². The van der Waals surface area contributed by atoms with Gasteiger partial charge in [-0.1, -0.05) is 41.9 Å². The van der Waals surface area contributed by atoms with Crippen molar-refractivity contribution in [1.29, 1.82) is 0 Å². The zero-order chi connectivity index (χ0) is 22.0. The van der Waals surface area contributed by atoms with Gasteiger partial charge < -0.3 is 15.4 Å². The molecule has 0 aliphatic heterocycles. The first kappa shape index (κ1) is 21.0. The van der Waals surface area contributed by atoms with Gasteiger partial charge in [0.05, 0.1) is 23.1 Å². The van der Waals surface area contributed by atoms with E-state index < -0.39 is 17.9 Å². The van der Waals surface area contributed by atoms with Crippen molar-refractivity contribution in [1.82, 2.24) is 20.3 Å². The summed E-state index contributed by atoms with van der Waals surface area (Å²) >= 11 is 7.49. The number of aryl methyl sites for hydroxylation is 1. The van der Waals surface area contributed by atoms with E-state index in [4.69, 9.17) is 11.6 Å². The van der Waals surface area contributed by atoms with E-state index in [1.54, 1.807) is 18.2 Å². The van der Waals surface area contributed by atoms with E-state index in [9.17, 15) is 14.7 Å². The van der Waals surface area contributed by atoms with Gasteiger partial charge in [0.2, 0.25) is 5.91 Å². The fourth-order valence-corrected chi connectivity index (χ4v) is 4.33. The van der Waals surface area contributed by atoms with Crippen LogP contribution in [0.25, 0.3) is 21.6 Å². The van der Waals surface area contributed by atoms with Gasteiger partial charge in [-0.15, -0.1) is 11.3 Å². The Morgan fingerprint density at radius 3 is 2.71 bits per heavy atom. The number of nitrogens with one attached hydrogen (secondary N) is 2. The summed E-state index contributed by atoms with van der Waals surface area (Å²) in [6.45, 7) is 1.90. The topological polar surface area (TPSA) is 108 Å². The Hall–Kier alpha value is -3.23. The normalized spacial score (nSPS) is 12.1. The van der Waals surface area contributed by atoms with Crippen LogP contribution < -0.4 is 5.32 Å². The summed E-state index contributed by atoms with van der Waals surface area (Å²) in [5.41, 5.74) is 3.02. The number of carbonyl (C=O) groups excluding carboxylic acids is 1. The highest BCUT2D eigenvalue weighted by atomic mass is 35.5. The highest BCUT2D eigenvalue weighted by Crippen LogP contribution is 2.27. The largest absolute Gasteiger partial charge is 0.480 e. The summed E-state index contributed by atoms with van der Waals surface area (Å²) in [6, 6.07) is 13.8. The van der Waals surface area contributed by atoms with Crippen LogP contribution in [0.1, 0.15) is 16.4 Å². The third-order valence-corrected chi connectivity index (χ3v) is 6.06. The lowest BCUT2D eigenvalue weighted by atomic mass is 10.2. The molecule has 2 aromatic heterocycles. The molecule has 0 saturated heterocycles. The van der Waals surface area contributed by atoms with Crippen LogP contribution in [0, 0.1) is 6.92 Å². The molecule has 4 aromatic rings. The van der Waals surface area contributed by atoms with Crippen LogP contribution in [0.3, 0.4) is 0 Å². The number of H-pyrrole nitrogens is 1. The minimum Gasteiger partial charge on any atom is -0.480 e. The Labute approximate surface area is 187 Å². The van der Waals surface area contributed by atoms with E-state index >= 15 is 0 Å². The van der Waals surface area contributed by atoms with Crippen molar-refractivity contribution in [2.24, 2.45) is 0 Å². The third-order valence-electron chi connectivity index (χ3n) is 4.77. The fraction of sp³-hybridized carbons (Fsp3) is 0.182. The zero-order valence-corrected chi connectivity index (χ0v) is 18.1. The van der Waals surface area contributed by atoms with Gasteiger partial charge in [-0.2, -0.15) is 0 Å². The Kier molecular flexibility index (Phi) is 6.01. The van der Waals surface area contributed by atoms with Gasteiger partial charge in [0, 0.05) is 21.9 Å². The fourth-order valence-electron chi connectivity index (χ4n) is 3.22. The van der Waals surface area contributed by atoms with Crippen LogP contribution >= 0.6 is 22.9 Å². The number of aromatic nitrogens is 3. The van der Waals surface area contributed by atoms with E-state index in [1.807, 2.05) is 37.3 Å². The summed E-state index contributed by atoms with van der Waals surface area (Å²) in [6.07, 6.45) is 0.0351. The molecule has 0 fully saturated rings. The van der Waals surface area contributed by atoms with Crippen molar-refractivity contribution in [2.75, 3.05) is 0 Å². The molecule has 4 rings (SSSR count). The van der Waals surface area contributed by atoms with Crippen LogP contribution in [0.2, 0.25) is 5.02 Å². The Balaban J connectivity index is 1.45. The maximum Gasteiger partial charge on any atom is 0.326 e. The van der Waals surface area contributed by atoms with Crippen LogP contribution in [0.5, 0.6) is 0 Å². The number of amides is 1. The average Bonchev–Trinajstić information content (AvgIpc) is 3.30. The summed E-state index contributed by atoms with van der Waals surface area (Å²) in [4.78, 5) is 37.2. The predicted molar refractivity (Wildman–Crippen MR) is 120 cm³/mol. The van der Waals surface area contributed by atoms with Gasteiger partial charge in [-0.25, -0.2) is 14.8 Å². The maximum atomic E-state index is 12.6. The SMILES string of the molecule is Cc1sc(-c2ccccc2)nc1CC(=O)N[C@H](Cc1nc2ccc(Cl)cc2[nH]1)C(=O)O. The molecule has 0 saturated carbocycles. The summed E-state index contributed by atoms with van der Waals surface area (Å²) in [5, 5.41) is 13.6. The second kappa shape index (κ2) is 8.87. The molecule has 7 nitrogen and oxygen atoms in total. The van der Waals surface area contributed by atoms with E-state index in [-0.39, 0.29) is 12.8 Å². The van der Waals surface area contributed by atoms with E-state index in [0.29, 0.717) is 27.6 Å². The number of benzene rings is 2. The van der Waals surface area contributed by atoms with Gasteiger partial charge >= 0.3 is 5.97 Å². The molecule has 3 N–H and O–H groups in total. The Morgan fingerprint density at radius 2 is 1.97 bits per heavy atom. The Morgan fingerprint density at radius 1 is 1.19 bits per heavy atom. The first-order chi connectivity index (χ1) is 14.9. The van der Waals surface area contributed by atoms with E-state index in [0.717, 1.165) is 15.4 Å². The molecule has 9 heteroatoms. The number of imidazole rings is 1. The molecule has 1 amide bonds. The molecule has 0 bridgehead atoms. The van der Waals surface area contributed by atoms with Crippen LogP contribution in [0.4, 0.5) is 0 Å². The average molecular weight is 455 g/mol. The third kappa shape index (κ3) is 4.92. The van der Waals surface area contributed by atoms with Crippen molar-refractivity contribution in [3.63, 3.8) is 0 Å². The maximum absolute atomic E-state index is 12.6. The number of aromatic amines is 1. The summed E-state index contributed by atoms with van der Waals surface area (Å²) in [7, 11) is 0. The van der Waals surface area contributed by atoms with Crippen molar-refractivity contribution in [2.45, 2.75) is 25.8 Å². The molecule has 2 aromatic carbocycles. The molecule has 0 unspecified atom stereocenters. The number of carboxylic acid groups (broad SMARTS) is 1. The molecular formula is C22H19ClN4O3S. The molecular weight excluding hydrogens is 436 g/mol. The lowest BCUT2D eigenvalue weighted by molar-refractivity contribution is -0.141. The van der Waals surface area contributed by atoms with Crippen molar-refractivity contribution in [3.05, 3.63) is 69.9 Å². The van der Waals surface area contributed by atoms with Crippen molar-refractivity contribution in [3.8, 4) is 10.6 Å². The number of carboxylic acids is 1. The summed E-state index contributed by atoms with van der Waals surface area (Å²) < 4.78 is 0. The monoisotopic (exact) mass is 454 g/mol. The second-order valence-electron chi connectivity index (χ2n) is 7.07. The van der Waals surface area contributed by atoms with E-state index in [2.05, 4.69) is 20.3 Å². The second-order valence-corrected chi connectivity index (χ2v) is 8.71. The van der Waals surface area contributed by atoms with E-state index in [1.165, 1.54) is 11.3 Å². The van der Waals surface area contributed by atoms with Crippen LogP contribution in [-0.2, 0) is 22.4 Å². The number of halogens is 1. The molecule has 31 heavy (non-hydrogen) atoms. The first-order valence-corrected chi connectivity index (χ1v) is 10.8. The quantitative estimate of drug-likeness (QED) is 0.391. The number of fused-ring (bicyclic) bond motifs is 1. The van der Waals surface area contributed by atoms with Gasteiger partial charge in [-0.05, 0) is 25.1 Å². The van der Waals surface area contributed by atoms with Crippen LogP contribution in [-0.4, -0.2) is 38.0 Å². The minimum atomic E-state index is -1.13. The molecule has 0 aliphatic rings. The zero-order valence-electron chi connectivity index (χ0n) is 16.6. The molecule has 158 valence electrons. The number of aliphatic carboxylic acids is 1. The standard InChI is InChI=1S/C22H19ClN4O3S/c1-12-16(27-21(31-12)13-5-3-2-4-6-13)11-20(28)26-18(22(29)30)10-19-24-15-8-7-14(23)9-17(15)25-19/h2-9,18H,10-11H2,1H3,(H,24,25)(H,26,28)(H,29,30)/t18-/m1/s1. The summed E-state index contributed by atoms with van der Waals surface area (Å²) in [5.74, 6) is -1.08. The highest BCUT2D eigenvalue weighted by molar-refractivity contribution is 7.15. The van der Waals surface area contributed by atoms with Crippen molar-refractivity contribution < 1.29 is 14.7 Å². The number of carbonyl (C=O) groups is 2. The van der Waals surface area contributed by atoms with Gasteiger partial charge in [0.15, 0.2) is 0 Å². The van der Waals surface area contributed by atoms with Crippen LogP contribution in [0.15, 0.2) is 48.5 Å². The molecule has 0 aliphatic carbocycles. The lowest BCUT2D eigenvalue weighted by Gasteiger charge is -2.13. The molecule has 0 radical (unpaired) electrons. The smallest absolute Gasteiger partial charge is 0.326 e.